The summed E-state index contributed by atoms with van der Waals surface area (Å²) in [6, 6.07) is 5.46. The Bertz CT molecular complexity index is 341. The number of rotatable bonds is 4. The third-order valence-corrected chi connectivity index (χ3v) is 2.82. The van der Waals surface area contributed by atoms with Gasteiger partial charge in [0, 0.05) is 18.0 Å². The Morgan fingerprint density at radius 3 is 2.71 bits per heavy atom. The van der Waals surface area contributed by atoms with Crippen LogP contribution in [0.4, 0.5) is 5.69 Å². The molecule has 2 nitrogen and oxygen atoms in total. The molecule has 0 radical (unpaired) electrons. The van der Waals surface area contributed by atoms with E-state index in [0.29, 0.717) is 23.3 Å². The van der Waals surface area contributed by atoms with E-state index in [9.17, 15) is 4.79 Å². The van der Waals surface area contributed by atoms with E-state index in [-0.39, 0.29) is 5.78 Å². The Labute approximate surface area is 96.6 Å². The molecule has 0 amide bonds. The first-order chi connectivity index (χ1) is 6.67. The zero-order chi connectivity index (χ0) is 10.6. The molecule has 0 aromatic heterocycles. The largest absolute Gasteiger partial charge is 0.399 e. The summed E-state index contributed by atoms with van der Waals surface area (Å²) < 4.78 is 0. The smallest absolute Gasteiger partial charge is 0.147 e. The molecule has 0 spiro atoms. The van der Waals surface area contributed by atoms with Gasteiger partial charge in [0.15, 0.2) is 0 Å². The van der Waals surface area contributed by atoms with Gasteiger partial charge in [0.2, 0.25) is 0 Å². The van der Waals surface area contributed by atoms with Gasteiger partial charge in [0.1, 0.15) is 5.78 Å². The van der Waals surface area contributed by atoms with Crippen molar-refractivity contribution in [3.05, 3.63) is 29.3 Å². The molecule has 0 aliphatic rings. The average Bonchev–Trinajstić information content (AvgIpc) is 2.18. The zero-order valence-electron chi connectivity index (χ0n) is 7.59. The highest BCUT2D eigenvalue weighted by atomic mass is 79.9. The Hall–Kier alpha value is -0.540. The lowest BCUT2D eigenvalue weighted by Gasteiger charge is -2.06. The number of ketones is 1. The number of nitrogens with two attached hydrogens (primary N) is 1. The van der Waals surface area contributed by atoms with Gasteiger partial charge < -0.3 is 5.73 Å². The highest BCUT2D eigenvalue weighted by Crippen LogP contribution is 2.16. The van der Waals surface area contributed by atoms with Crippen LogP contribution in [-0.4, -0.2) is 11.1 Å². The molecule has 0 unspecified atom stereocenters. The predicted octanol–water partition coefficient (Wildman–Crippen LogP) is 2.51. The van der Waals surface area contributed by atoms with Crippen LogP contribution in [-0.2, 0) is 17.1 Å². The van der Waals surface area contributed by atoms with Gasteiger partial charge in [-0.1, -0.05) is 22.0 Å². The monoisotopic (exact) mass is 275 g/mol. The number of benzene rings is 1. The minimum atomic E-state index is 0.127. The molecule has 0 saturated carbocycles. The maximum Gasteiger partial charge on any atom is 0.147 e. The standard InChI is InChI=1S/C10H11BrClNO/c11-5-10(14)4-8-3-9(13)2-1-7(8)6-12/h1-3H,4-6,13H2. The van der Waals surface area contributed by atoms with Gasteiger partial charge in [0.25, 0.3) is 0 Å². The molecule has 0 saturated heterocycles. The first-order valence-corrected chi connectivity index (χ1v) is 5.84. The van der Waals surface area contributed by atoms with Crippen LogP contribution >= 0.6 is 27.5 Å². The Balaban J connectivity index is 2.93. The van der Waals surface area contributed by atoms with Gasteiger partial charge in [0.05, 0.1) is 5.33 Å². The van der Waals surface area contributed by atoms with Gasteiger partial charge in [-0.2, -0.15) is 0 Å². The second-order valence-corrected chi connectivity index (χ2v) is 3.84. The van der Waals surface area contributed by atoms with E-state index >= 15 is 0 Å². The lowest BCUT2D eigenvalue weighted by Crippen LogP contribution is -2.06. The molecular formula is C10H11BrClNO. The van der Waals surface area contributed by atoms with Gasteiger partial charge in [-0.15, -0.1) is 11.6 Å². The summed E-state index contributed by atoms with van der Waals surface area (Å²) in [4.78, 5) is 11.2. The number of hydrogen-bond acceptors (Lipinski definition) is 2. The van der Waals surface area contributed by atoms with Crippen molar-refractivity contribution in [2.75, 3.05) is 11.1 Å². The van der Waals surface area contributed by atoms with E-state index < -0.39 is 0 Å². The number of halogens is 2. The number of alkyl halides is 2. The molecular weight excluding hydrogens is 265 g/mol. The molecule has 0 fully saturated rings. The summed E-state index contributed by atoms with van der Waals surface area (Å²) in [5, 5.41) is 0.365. The summed E-state index contributed by atoms with van der Waals surface area (Å²) in [5.41, 5.74) is 8.18. The van der Waals surface area contributed by atoms with Crippen LogP contribution in [0.3, 0.4) is 0 Å². The zero-order valence-corrected chi connectivity index (χ0v) is 9.94. The highest BCUT2D eigenvalue weighted by molar-refractivity contribution is 9.09. The molecule has 0 atom stereocenters. The summed E-state index contributed by atoms with van der Waals surface area (Å²) in [6.07, 6.45) is 0.387. The average molecular weight is 277 g/mol. The Morgan fingerprint density at radius 1 is 1.43 bits per heavy atom. The van der Waals surface area contributed by atoms with E-state index in [1.54, 1.807) is 12.1 Å². The molecule has 0 aliphatic carbocycles. The van der Waals surface area contributed by atoms with Crippen molar-refractivity contribution < 1.29 is 4.79 Å². The number of carbonyl (C=O) groups is 1. The summed E-state index contributed by atoms with van der Waals surface area (Å²) in [7, 11) is 0. The van der Waals surface area contributed by atoms with Crippen molar-refractivity contribution in [1.29, 1.82) is 0 Å². The van der Waals surface area contributed by atoms with Crippen LogP contribution in [0.25, 0.3) is 0 Å². The molecule has 1 rings (SSSR count). The number of hydrogen-bond donors (Lipinski definition) is 1. The number of carbonyl (C=O) groups excluding carboxylic acids is 1. The van der Waals surface area contributed by atoms with Crippen molar-refractivity contribution in [2.45, 2.75) is 12.3 Å². The van der Waals surface area contributed by atoms with Gasteiger partial charge in [-0.05, 0) is 23.3 Å². The minimum Gasteiger partial charge on any atom is -0.399 e. The summed E-state index contributed by atoms with van der Waals surface area (Å²) in [6.45, 7) is 0. The quantitative estimate of drug-likeness (QED) is 0.678. The fourth-order valence-electron chi connectivity index (χ4n) is 1.20. The van der Waals surface area contributed by atoms with E-state index in [4.69, 9.17) is 17.3 Å². The first-order valence-electron chi connectivity index (χ1n) is 4.18. The maximum atomic E-state index is 11.2. The van der Waals surface area contributed by atoms with Gasteiger partial charge in [-0.3, -0.25) is 4.79 Å². The van der Waals surface area contributed by atoms with Crippen LogP contribution in [0.15, 0.2) is 18.2 Å². The normalized spacial score (nSPS) is 10.1. The SMILES string of the molecule is Nc1ccc(CCl)c(CC(=O)CBr)c1. The van der Waals surface area contributed by atoms with E-state index in [2.05, 4.69) is 15.9 Å². The van der Waals surface area contributed by atoms with Crippen molar-refractivity contribution in [2.24, 2.45) is 0 Å². The van der Waals surface area contributed by atoms with Crippen molar-refractivity contribution in [3.8, 4) is 0 Å². The van der Waals surface area contributed by atoms with Crippen LogP contribution in [0.5, 0.6) is 0 Å². The number of nitrogen functional groups attached to an aromatic ring is 1. The molecule has 0 aliphatic heterocycles. The van der Waals surface area contributed by atoms with Crippen LogP contribution in [0.2, 0.25) is 0 Å². The Morgan fingerprint density at radius 2 is 2.14 bits per heavy atom. The van der Waals surface area contributed by atoms with Crippen LogP contribution < -0.4 is 5.73 Å². The molecule has 0 bridgehead atoms. The molecule has 2 N–H and O–H groups in total. The van der Waals surface area contributed by atoms with Crippen LogP contribution in [0, 0.1) is 0 Å². The molecule has 14 heavy (non-hydrogen) atoms. The maximum absolute atomic E-state index is 11.2. The number of anilines is 1. The first kappa shape index (κ1) is 11.5. The van der Waals surface area contributed by atoms with Gasteiger partial charge >= 0.3 is 0 Å². The predicted molar refractivity (Wildman–Crippen MR) is 62.9 cm³/mol. The molecule has 76 valence electrons. The second kappa shape index (κ2) is 5.37. The molecule has 1 aromatic rings. The van der Waals surface area contributed by atoms with Gasteiger partial charge in [-0.25, -0.2) is 0 Å². The third kappa shape index (κ3) is 3.00. The van der Waals surface area contributed by atoms with Crippen LogP contribution in [0.1, 0.15) is 11.1 Å². The summed E-state index contributed by atoms with van der Waals surface area (Å²) >= 11 is 8.87. The Kier molecular flexibility index (Phi) is 4.42. The van der Waals surface area contributed by atoms with Crippen molar-refractivity contribution >= 4 is 39.0 Å². The molecule has 4 heteroatoms. The van der Waals surface area contributed by atoms with E-state index in [0.717, 1.165) is 11.1 Å². The highest BCUT2D eigenvalue weighted by Gasteiger charge is 2.06. The lowest BCUT2D eigenvalue weighted by atomic mass is 10.0. The molecule has 1 aromatic carbocycles. The fraction of sp³-hybridized carbons (Fsp3) is 0.300. The van der Waals surface area contributed by atoms with Crippen molar-refractivity contribution in [1.82, 2.24) is 0 Å². The molecule has 0 heterocycles. The third-order valence-electron chi connectivity index (χ3n) is 1.91. The lowest BCUT2D eigenvalue weighted by molar-refractivity contribution is -0.115. The van der Waals surface area contributed by atoms with E-state index in [1.165, 1.54) is 0 Å². The van der Waals surface area contributed by atoms with E-state index in [1.807, 2.05) is 6.07 Å². The fourth-order valence-corrected chi connectivity index (χ4v) is 1.66. The minimum absolute atomic E-state index is 0.127. The summed E-state index contributed by atoms with van der Waals surface area (Å²) in [5.74, 6) is 0.535. The van der Waals surface area contributed by atoms with Crippen molar-refractivity contribution in [3.63, 3.8) is 0 Å². The topological polar surface area (TPSA) is 43.1 Å². The number of Topliss-reactive ketones (excluding diaryl/α,β-unsaturated/α-hetero) is 1. The second-order valence-electron chi connectivity index (χ2n) is 3.01.